The van der Waals surface area contributed by atoms with Gasteiger partial charge in [-0.05, 0) is 43.2 Å². The first kappa shape index (κ1) is 18.3. The van der Waals surface area contributed by atoms with E-state index < -0.39 is 5.97 Å². The average Bonchev–Trinajstić information content (AvgIpc) is 2.60. The van der Waals surface area contributed by atoms with Gasteiger partial charge in [-0.2, -0.15) is 0 Å². The third kappa shape index (κ3) is 5.49. The topological polar surface area (TPSA) is 97.8 Å². The maximum Gasteiger partial charge on any atom is 0.341 e. The molecule has 0 aliphatic carbocycles. The molecule has 0 saturated carbocycles. The zero-order valence-electron chi connectivity index (χ0n) is 14.1. The quantitative estimate of drug-likeness (QED) is 0.758. The number of aliphatic carboxylic acids is 1. The van der Waals surface area contributed by atoms with Crippen molar-refractivity contribution in [2.45, 2.75) is 13.3 Å². The third-order valence-corrected chi connectivity index (χ3v) is 3.42. The van der Waals surface area contributed by atoms with Gasteiger partial charge < -0.3 is 19.9 Å². The van der Waals surface area contributed by atoms with Crippen LogP contribution in [0.5, 0.6) is 11.6 Å². The number of benzene rings is 1. The Bertz CT molecular complexity index is 744. The van der Waals surface area contributed by atoms with Gasteiger partial charge in [-0.3, -0.25) is 4.79 Å². The molecule has 0 aliphatic heterocycles. The van der Waals surface area contributed by atoms with Crippen LogP contribution in [0.15, 0.2) is 36.4 Å². The highest BCUT2D eigenvalue weighted by Gasteiger charge is 2.13. The number of rotatable bonds is 8. The minimum atomic E-state index is -1.02. The van der Waals surface area contributed by atoms with Gasteiger partial charge in [-0.25, -0.2) is 9.78 Å². The Morgan fingerprint density at radius 1 is 1.16 bits per heavy atom. The summed E-state index contributed by atoms with van der Waals surface area (Å²) in [5.41, 5.74) is 2.17. The Labute approximate surface area is 145 Å². The smallest absolute Gasteiger partial charge is 0.341 e. The number of ether oxygens (including phenoxy) is 2. The van der Waals surface area contributed by atoms with Crippen LogP contribution in [0.2, 0.25) is 0 Å². The number of amides is 1. The lowest BCUT2D eigenvalue weighted by Crippen LogP contribution is -2.26. The van der Waals surface area contributed by atoms with Crippen molar-refractivity contribution >= 4 is 11.9 Å². The second kappa shape index (κ2) is 8.68. The summed E-state index contributed by atoms with van der Waals surface area (Å²) in [6.07, 6.45) is 0.632. The zero-order valence-corrected chi connectivity index (χ0v) is 14.1. The monoisotopic (exact) mass is 344 g/mol. The lowest BCUT2D eigenvalue weighted by molar-refractivity contribution is -0.139. The minimum Gasteiger partial charge on any atom is -0.482 e. The summed E-state index contributed by atoms with van der Waals surface area (Å²) < 4.78 is 10.2. The SMILES string of the molecule is COc1nc(C)ccc1C(=O)NCCc1ccc(OCC(=O)O)cc1. The summed E-state index contributed by atoms with van der Waals surface area (Å²) >= 11 is 0. The van der Waals surface area contributed by atoms with Crippen molar-refractivity contribution in [2.24, 2.45) is 0 Å². The number of carbonyl (C=O) groups is 2. The van der Waals surface area contributed by atoms with Crippen LogP contribution < -0.4 is 14.8 Å². The number of nitrogens with one attached hydrogen (secondary N) is 1. The van der Waals surface area contributed by atoms with E-state index in [0.717, 1.165) is 11.3 Å². The second-order valence-electron chi connectivity index (χ2n) is 5.34. The number of carboxylic acids is 1. The van der Waals surface area contributed by atoms with E-state index in [1.165, 1.54) is 7.11 Å². The van der Waals surface area contributed by atoms with Crippen LogP contribution >= 0.6 is 0 Å². The first-order valence-electron chi connectivity index (χ1n) is 7.73. The molecule has 0 atom stereocenters. The molecule has 2 rings (SSSR count). The maximum absolute atomic E-state index is 12.2. The van der Waals surface area contributed by atoms with E-state index in [1.54, 1.807) is 24.3 Å². The van der Waals surface area contributed by atoms with Crippen LogP contribution in [0, 0.1) is 6.92 Å². The second-order valence-corrected chi connectivity index (χ2v) is 5.34. The fourth-order valence-electron chi connectivity index (χ4n) is 2.17. The van der Waals surface area contributed by atoms with Crippen LogP contribution in [0.4, 0.5) is 0 Å². The number of aryl methyl sites for hydroxylation is 1. The van der Waals surface area contributed by atoms with Gasteiger partial charge in [-0.15, -0.1) is 0 Å². The van der Waals surface area contributed by atoms with Gasteiger partial charge in [0.1, 0.15) is 11.3 Å². The molecule has 25 heavy (non-hydrogen) atoms. The van der Waals surface area contributed by atoms with Gasteiger partial charge in [0.15, 0.2) is 6.61 Å². The van der Waals surface area contributed by atoms with Crippen molar-refractivity contribution in [3.8, 4) is 11.6 Å². The van der Waals surface area contributed by atoms with E-state index in [2.05, 4.69) is 10.3 Å². The van der Waals surface area contributed by atoms with Crippen LogP contribution in [0.3, 0.4) is 0 Å². The molecule has 0 aliphatic rings. The molecule has 0 unspecified atom stereocenters. The highest BCUT2D eigenvalue weighted by atomic mass is 16.5. The molecule has 0 saturated heterocycles. The minimum absolute atomic E-state index is 0.245. The molecular formula is C18H20N2O5. The molecule has 7 nitrogen and oxygen atoms in total. The summed E-state index contributed by atoms with van der Waals surface area (Å²) in [5, 5.41) is 11.4. The van der Waals surface area contributed by atoms with Crippen LogP contribution in [0.25, 0.3) is 0 Å². The van der Waals surface area contributed by atoms with Crippen molar-refractivity contribution in [2.75, 3.05) is 20.3 Å². The number of hydrogen-bond donors (Lipinski definition) is 2. The summed E-state index contributed by atoms with van der Waals surface area (Å²) in [6, 6.07) is 10.5. The van der Waals surface area contributed by atoms with Gasteiger partial charge in [0.05, 0.1) is 7.11 Å². The largest absolute Gasteiger partial charge is 0.482 e. The van der Waals surface area contributed by atoms with Crippen molar-refractivity contribution in [1.82, 2.24) is 10.3 Å². The lowest BCUT2D eigenvalue weighted by atomic mass is 10.1. The molecule has 0 spiro atoms. The molecule has 0 fully saturated rings. The molecule has 2 N–H and O–H groups in total. The normalized spacial score (nSPS) is 10.2. The number of carbonyl (C=O) groups excluding carboxylic acids is 1. The van der Waals surface area contributed by atoms with Gasteiger partial charge >= 0.3 is 5.97 Å². The predicted molar refractivity (Wildman–Crippen MR) is 91.1 cm³/mol. The predicted octanol–water partition coefficient (Wildman–Crippen LogP) is 1.83. The summed E-state index contributed by atoms with van der Waals surface area (Å²) in [5.74, 6) is -0.471. The first-order chi connectivity index (χ1) is 12.0. The van der Waals surface area contributed by atoms with E-state index in [4.69, 9.17) is 14.6 Å². The molecule has 0 bridgehead atoms. The Morgan fingerprint density at radius 2 is 1.88 bits per heavy atom. The van der Waals surface area contributed by atoms with E-state index in [0.29, 0.717) is 30.2 Å². The van der Waals surface area contributed by atoms with Crippen molar-refractivity contribution in [1.29, 1.82) is 0 Å². The van der Waals surface area contributed by atoms with E-state index in [-0.39, 0.29) is 12.5 Å². The standard InChI is InChI=1S/C18H20N2O5/c1-12-3-8-15(18(20-12)24-2)17(23)19-10-9-13-4-6-14(7-5-13)25-11-16(21)22/h3-8H,9-11H2,1-2H3,(H,19,23)(H,21,22). The summed E-state index contributed by atoms with van der Waals surface area (Å²) in [7, 11) is 1.48. The molecular weight excluding hydrogens is 324 g/mol. The van der Waals surface area contributed by atoms with Gasteiger partial charge in [0, 0.05) is 12.2 Å². The van der Waals surface area contributed by atoms with Gasteiger partial charge in [0.2, 0.25) is 5.88 Å². The number of methoxy groups -OCH3 is 1. The molecule has 132 valence electrons. The Balaban J connectivity index is 1.86. The van der Waals surface area contributed by atoms with Crippen molar-refractivity contribution in [3.63, 3.8) is 0 Å². The Hall–Kier alpha value is -3.09. The van der Waals surface area contributed by atoms with Gasteiger partial charge in [0.25, 0.3) is 5.91 Å². The van der Waals surface area contributed by atoms with Gasteiger partial charge in [-0.1, -0.05) is 12.1 Å². The fraction of sp³-hybridized carbons (Fsp3) is 0.278. The molecule has 1 heterocycles. The molecule has 2 aromatic rings. The lowest BCUT2D eigenvalue weighted by Gasteiger charge is -2.09. The third-order valence-electron chi connectivity index (χ3n) is 3.42. The highest BCUT2D eigenvalue weighted by Crippen LogP contribution is 2.16. The molecule has 1 aromatic heterocycles. The van der Waals surface area contributed by atoms with Crippen molar-refractivity contribution in [3.05, 3.63) is 53.2 Å². The first-order valence-corrected chi connectivity index (χ1v) is 7.73. The molecule has 1 amide bonds. The summed E-state index contributed by atoms with van der Waals surface area (Å²) in [4.78, 5) is 26.8. The fourth-order valence-corrected chi connectivity index (χ4v) is 2.17. The number of nitrogens with zero attached hydrogens (tertiary/aromatic N) is 1. The Kier molecular flexibility index (Phi) is 6.33. The Morgan fingerprint density at radius 3 is 2.52 bits per heavy atom. The van der Waals surface area contributed by atoms with Crippen LogP contribution in [-0.2, 0) is 11.2 Å². The average molecular weight is 344 g/mol. The zero-order chi connectivity index (χ0) is 18.2. The summed E-state index contributed by atoms with van der Waals surface area (Å²) in [6.45, 7) is 1.90. The van der Waals surface area contributed by atoms with E-state index in [1.807, 2.05) is 19.1 Å². The molecule has 7 heteroatoms. The maximum atomic E-state index is 12.2. The number of aromatic nitrogens is 1. The number of hydrogen-bond acceptors (Lipinski definition) is 5. The van der Waals surface area contributed by atoms with E-state index in [9.17, 15) is 9.59 Å². The van der Waals surface area contributed by atoms with Crippen LogP contribution in [-0.4, -0.2) is 42.2 Å². The highest BCUT2D eigenvalue weighted by molar-refractivity contribution is 5.96. The number of carboxylic acid groups (broad SMARTS) is 1. The van der Waals surface area contributed by atoms with E-state index >= 15 is 0 Å². The number of pyridine rings is 1. The molecule has 0 radical (unpaired) electrons. The van der Waals surface area contributed by atoms with Crippen LogP contribution in [0.1, 0.15) is 21.6 Å². The van der Waals surface area contributed by atoms with Crippen molar-refractivity contribution < 1.29 is 24.2 Å². The molecule has 1 aromatic carbocycles.